The maximum absolute atomic E-state index is 10.8. The lowest BCUT2D eigenvalue weighted by Gasteiger charge is -1.96. The number of hydrogen-bond acceptors (Lipinski definition) is 3. The molecular formula is C9H8N2OS. The van der Waals surface area contributed by atoms with Gasteiger partial charge in [0.15, 0.2) is 0 Å². The van der Waals surface area contributed by atoms with Gasteiger partial charge in [-0.2, -0.15) is 0 Å². The van der Waals surface area contributed by atoms with Crippen LogP contribution < -0.4 is 0 Å². The number of hydrogen-bond donors (Lipinski definition) is 0. The minimum atomic E-state index is -0.0315. The average Bonchev–Trinajstić information content (AvgIpc) is 2.53. The molecule has 0 bridgehead atoms. The van der Waals surface area contributed by atoms with Gasteiger partial charge in [0.05, 0.1) is 10.8 Å². The number of amides is 1. The van der Waals surface area contributed by atoms with Gasteiger partial charge in [-0.15, -0.1) is 11.8 Å². The zero-order chi connectivity index (χ0) is 9.10. The van der Waals surface area contributed by atoms with E-state index in [1.54, 1.807) is 6.20 Å². The standard InChI is InChI=1S/C9H8N2OS/c12-8-6-13-9(11-8)5-7-3-1-2-4-10-7/h1-4H,5-6H2. The summed E-state index contributed by atoms with van der Waals surface area (Å²) in [4.78, 5) is 18.9. The van der Waals surface area contributed by atoms with Gasteiger partial charge in [0.25, 0.3) is 5.91 Å². The largest absolute Gasteiger partial charge is 0.272 e. The predicted octanol–water partition coefficient (Wildman–Crippen LogP) is 1.30. The van der Waals surface area contributed by atoms with E-state index < -0.39 is 0 Å². The van der Waals surface area contributed by atoms with Crippen LogP contribution in [-0.4, -0.2) is 21.7 Å². The Labute approximate surface area is 80.3 Å². The Morgan fingerprint density at radius 1 is 1.46 bits per heavy atom. The zero-order valence-electron chi connectivity index (χ0n) is 6.93. The van der Waals surface area contributed by atoms with E-state index in [4.69, 9.17) is 0 Å². The molecule has 13 heavy (non-hydrogen) atoms. The number of rotatable bonds is 2. The molecule has 66 valence electrons. The van der Waals surface area contributed by atoms with Gasteiger partial charge in [0.2, 0.25) is 0 Å². The molecule has 0 N–H and O–H groups in total. The summed E-state index contributed by atoms with van der Waals surface area (Å²) in [6, 6.07) is 5.74. The summed E-state index contributed by atoms with van der Waals surface area (Å²) in [7, 11) is 0. The Bertz CT molecular complexity index is 348. The summed E-state index contributed by atoms with van der Waals surface area (Å²) >= 11 is 1.51. The number of carbonyl (C=O) groups excluding carboxylic acids is 1. The van der Waals surface area contributed by atoms with Crippen molar-refractivity contribution in [3.63, 3.8) is 0 Å². The molecule has 0 unspecified atom stereocenters. The van der Waals surface area contributed by atoms with E-state index in [2.05, 4.69) is 9.98 Å². The number of nitrogens with zero attached hydrogens (tertiary/aromatic N) is 2. The summed E-state index contributed by atoms with van der Waals surface area (Å²) in [5, 5.41) is 0.878. The Hall–Kier alpha value is -1.16. The first-order valence-corrected chi connectivity index (χ1v) is 4.96. The van der Waals surface area contributed by atoms with Crippen LogP contribution in [0.1, 0.15) is 5.69 Å². The van der Waals surface area contributed by atoms with Crippen molar-refractivity contribution >= 4 is 22.7 Å². The molecule has 4 heteroatoms. The molecule has 0 atom stereocenters. The van der Waals surface area contributed by atoms with Gasteiger partial charge in [0, 0.05) is 18.3 Å². The third-order valence-electron chi connectivity index (χ3n) is 1.67. The van der Waals surface area contributed by atoms with Crippen LogP contribution in [0.2, 0.25) is 0 Å². The second-order valence-electron chi connectivity index (χ2n) is 2.69. The number of thioether (sulfide) groups is 1. The monoisotopic (exact) mass is 192 g/mol. The SMILES string of the molecule is O=C1CSC(Cc2ccccn2)=N1. The van der Waals surface area contributed by atoms with Gasteiger partial charge in [-0.05, 0) is 12.1 Å². The molecule has 0 fully saturated rings. The molecular weight excluding hydrogens is 184 g/mol. The molecule has 0 spiro atoms. The van der Waals surface area contributed by atoms with Crippen molar-refractivity contribution in [1.82, 2.24) is 4.98 Å². The number of pyridine rings is 1. The Morgan fingerprint density at radius 3 is 3.00 bits per heavy atom. The molecule has 1 aliphatic rings. The molecule has 0 saturated heterocycles. The van der Waals surface area contributed by atoms with Gasteiger partial charge in [0.1, 0.15) is 0 Å². The minimum absolute atomic E-state index is 0.0315. The van der Waals surface area contributed by atoms with Crippen LogP contribution >= 0.6 is 11.8 Å². The smallest absolute Gasteiger partial charge is 0.256 e. The number of aromatic nitrogens is 1. The van der Waals surface area contributed by atoms with Crippen LogP contribution in [-0.2, 0) is 11.2 Å². The van der Waals surface area contributed by atoms with Gasteiger partial charge >= 0.3 is 0 Å². The van der Waals surface area contributed by atoms with Crippen molar-refractivity contribution in [3.8, 4) is 0 Å². The third-order valence-corrected chi connectivity index (χ3v) is 2.63. The predicted molar refractivity (Wildman–Crippen MR) is 52.8 cm³/mol. The fourth-order valence-electron chi connectivity index (χ4n) is 1.10. The fraction of sp³-hybridized carbons (Fsp3) is 0.222. The Morgan fingerprint density at radius 2 is 2.38 bits per heavy atom. The summed E-state index contributed by atoms with van der Waals surface area (Å²) < 4.78 is 0. The summed E-state index contributed by atoms with van der Waals surface area (Å²) in [6.45, 7) is 0. The highest BCUT2D eigenvalue weighted by atomic mass is 32.2. The molecule has 2 rings (SSSR count). The normalized spacial score (nSPS) is 16.0. The van der Waals surface area contributed by atoms with Crippen molar-refractivity contribution in [1.29, 1.82) is 0 Å². The second kappa shape index (κ2) is 3.70. The molecule has 3 nitrogen and oxygen atoms in total. The van der Waals surface area contributed by atoms with E-state index in [0.717, 1.165) is 10.7 Å². The highest BCUT2D eigenvalue weighted by Gasteiger charge is 2.14. The summed E-state index contributed by atoms with van der Waals surface area (Å²) in [5.41, 5.74) is 0.962. The maximum Gasteiger partial charge on any atom is 0.256 e. The van der Waals surface area contributed by atoms with Crippen LogP contribution in [0.15, 0.2) is 29.4 Å². The maximum atomic E-state index is 10.8. The fourth-order valence-corrected chi connectivity index (χ4v) is 1.87. The Kier molecular flexibility index (Phi) is 2.40. The van der Waals surface area contributed by atoms with Crippen LogP contribution in [0, 0.1) is 0 Å². The van der Waals surface area contributed by atoms with Gasteiger partial charge in [-0.3, -0.25) is 9.78 Å². The molecule has 2 heterocycles. The van der Waals surface area contributed by atoms with Crippen molar-refractivity contribution < 1.29 is 4.79 Å². The zero-order valence-corrected chi connectivity index (χ0v) is 7.75. The summed E-state index contributed by atoms with van der Waals surface area (Å²) in [6.07, 6.45) is 2.43. The van der Waals surface area contributed by atoms with Crippen LogP contribution in [0.3, 0.4) is 0 Å². The first kappa shape index (κ1) is 8.44. The molecule has 0 radical (unpaired) electrons. The molecule has 1 amide bonds. The van der Waals surface area contributed by atoms with E-state index in [0.29, 0.717) is 12.2 Å². The molecule has 0 aromatic carbocycles. The lowest BCUT2D eigenvalue weighted by atomic mass is 10.3. The van der Waals surface area contributed by atoms with Crippen molar-refractivity contribution in [3.05, 3.63) is 30.1 Å². The van der Waals surface area contributed by atoms with Crippen molar-refractivity contribution in [2.45, 2.75) is 6.42 Å². The molecule has 0 aliphatic carbocycles. The number of aliphatic imine (C=N–C) groups is 1. The van der Waals surface area contributed by atoms with Crippen LogP contribution in [0.5, 0.6) is 0 Å². The summed E-state index contributed by atoms with van der Waals surface area (Å²) in [5.74, 6) is 0.457. The highest BCUT2D eigenvalue weighted by molar-refractivity contribution is 8.15. The lowest BCUT2D eigenvalue weighted by Crippen LogP contribution is -1.97. The van der Waals surface area contributed by atoms with Gasteiger partial charge < -0.3 is 0 Å². The van der Waals surface area contributed by atoms with Crippen molar-refractivity contribution in [2.75, 3.05) is 5.75 Å². The first-order chi connectivity index (χ1) is 6.34. The lowest BCUT2D eigenvalue weighted by molar-refractivity contribution is -0.115. The quantitative estimate of drug-likeness (QED) is 0.709. The van der Waals surface area contributed by atoms with E-state index in [1.165, 1.54) is 11.8 Å². The average molecular weight is 192 g/mol. The number of carbonyl (C=O) groups is 1. The Balaban J connectivity index is 2.07. The van der Waals surface area contributed by atoms with E-state index in [-0.39, 0.29) is 5.91 Å². The van der Waals surface area contributed by atoms with Gasteiger partial charge in [-0.1, -0.05) is 6.07 Å². The third kappa shape index (κ3) is 2.15. The second-order valence-corrected chi connectivity index (χ2v) is 3.73. The highest BCUT2D eigenvalue weighted by Crippen LogP contribution is 2.15. The molecule has 1 aliphatic heterocycles. The molecule has 1 aromatic heterocycles. The minimum Gasteiger partial charge on any atom is -0.272 e. The van der Waals surface area contributed by atoms with Crippen molar-refractivity contribution in [2.24, 2.45) is 4.99 Å². The van der Waals surface area contributed by atoms with Gasteiger partial charge in [-0.25, -0.2) is 4.99 Å². The van der Waals surface area contributed by atoms with Crippen LogP contribution in [0.4, 0.5) is 0 Å². The van der Waals surface area contributed by atoms with Crippen LogP contribution in [0.25, 0.3) is 0 Å². The first-order valence-electron chi connectivity index (χ1n) is 3.98. The molecule has 1 aromatic rings. The topological polar surface area (TPSA) is 42.3 Å². The molecule has 0 saturated carbocycles. The van der Waals surface area contributed by atoms with E-state index in [1.807, 2.05) is 18.2 Å². The van der Waals surface area contributed by atoms with E-state index >= 15 is 0 Å². The van der Waals surface area contributed by atoms with E-state index in [9.17, 15) is 4.79 Å².